The van der Waals surface area contributed by atoms with Crippen LogP contribution in [0, 0.1) is 5.92 Å². The molecule has 190 valence electrons. The van der Waals surface area contributed by atoms with Crippen molar-refractivity contribution in [2.45, 2.75) is 50.2 Å². The number of rotatable bonds is 4. The number of aromatic nitrogens is 1. The number of alkyl halides is 3. The fraction of sp³-hybridized carbons (Fsp3) is 0.429. The Kier molecular flexibility index (Phi) is 6.53. The van der Waals surface area contributed by atoms with E-state index in [0.717, 1.165) is 33.5 Å². The highest BCUT2D eigenvalue weighted by Crippen LogP contribution is 2.45. The molecule has 1 aromatic heterocycles. The van der Waals surface area contributed by atoms with Gasteiger partial charge >= 0.3 is 6.18 Å². The molecule has 1 amide bonds. The molecule has 5 rings (SSSR count). The summed E-state index contributed by atoms with van der Waals surface area (Å²) >= 11 is 0. The van der Waals surface area contributed by atoms with Gasteiger partial charge in [0, 0.05) is 37.7 Å². The summed E-state index contributed by atoms with van der Waals surface area (Å²) in [5.41, 5.74) is 3.89. The maximum absolute atomic E-state index is 13.5. The van der Waals surface area contributed by atoms with E-state index >= 15 is 0 Å². The Bertz CT molecular complexity index is 1270. The van der Waals surface area contributed by atoms with Gasteiger partial charge in [-0.2, -0.15) is 13.2 Å². The lowest BCUT2D eigenvalue weighted by molar-refractivity contribution is -0.182. The quantitative estimate of drug-likeness (QED) is 0.454. The highest BCUT2D eigenvalue weighted by atomic mass is 19.4. The third kappa shape index (κ3) is 4.61. The normalized spacial score (nSPS) is 22.0. The average Bonchev–Trinajstić information content (AvgIpc) is 2.87. The number of pyridine rings is 1. The van der Waals surface area contributed by atoms with Crippen molar-refractivity contribution < 1.29 is 22.7 Å². The number of carbonyl (C=O) groups is 1. The highest BCUT2D eigenvalue weighted by molar-refractivity contribution is 6.08. The molecule has 36 heavy (non-hydrogen) atoms. The molecule has 1 aliphatic heterocycles. The van der Waals surface area contributed by atoms with E-state index in [2.05, 4.69) is 5.32 Å². The molecule has 0 saturated heterocycles. The number of para-hydroxylation sites is 2. The first-order valence-electron chi connectivity index (χ1n) is 12.4. The lowest BCUT2D eigenvalue weighted by atomic mass is 9.78. The zero-order chi connectivity index (χ0) is 25.4. The van der Waals surface area contributed by atoms with E-state index in [1.807, 2.05) is 61.5 Å². The largest absolute Gasteiger partial charge is 0.493 e. The summed E-state index contributed by atoms with van der Waals surface area (Å²) in [5, 5.41) is 3.99. The van der Waals surface area contributed by atoms with Crippen LogP contribution in [0.5, 0.6) is 5.75 Å². The van der Waals surface area contributed by atoms with Crippen molar-refractivity contribution in [3.8, 4) is 5.75 Å². The van der Waals surface area contributed by atoms with Gasteiger partial charge in [0.15, 0.2) is 0 Å². The van der Waals surface area contributed by atoms with E-state index in [9.17, 15) is 18.0 Å². The van der Waals surface area contributed by atoms with Crippen LogP contribution in [-0.2, 0) is 0 Å². The second-order valence-corrected chi connectivity index (χ2v) is 9.95. The van der Waals surface area contributed by atoms with Crippen LogP contribution in [0.3, 0.4) is 0 Å². The zero-order valence-electron chi connectivity index (χ0n) is 20.4. The Morgan fingerprint density at radius 3 is 2.44 bits per heavy atom. The number of anilines is 1. The Morgan fingerprint density at radius 2 is 1.72 bits per heavy atom. The number of amides is 1. The maximum atomic E-state index is 13.5. The standard InChI is InChI=1S/C28H30F3N3O2/c1-34(2)26-21-8-5-7-19(17-10-12-18(13-11-17)28(29,30)31)25(21)32-16-22(26)27(35)33-23-14-15-36-24-9-4-3-6-20(23)24/h3-9,16-18,23H,10-15H2,1-2H3,(H,33,35). The van der Waals surface area contributed by atoms with Gasteiger partial charge in [0.2, 0.25) is 0 Å². The molecule has 3 aromatic rings. The molecule has 2 aliphatic rings. The van der Waals surface area contributed by atoms with E-state index in [-0.39, 0.29) is 30.7 Å². The van der Waals surface area contributed by atoms with Crippen molar-refractivity contribution in [2.75, 3.05) is 25.6 Å². The molecule has 1 atom stereocenters. The summed E-state index contributed by atoms with van der Waals surface area (Å²) in [7, 11) is 3.77. The third-order valence-electron chi connectivity index (χ3n) is 7.49. The number of halogens is 3. The fourth-order valence-electron chi connectivity index (χ4n) is 5.67. The molecular formula is C28H30F3N3O2. The van der Waals surface area contributed by atoms with Crippen molar-refractivity contribution in [3.05, 3.63) is 65.4 Å². The van der Waals surface area contributed by atoms with Crippen LogP contribution in [0.25, 0.3) is 10.9 Å². The van der Waals surface area contributed by atoms with Crippen molar-refractivity contribution in [2.24, 2.45) is 5.92 Å². The average molecular weight is 498 g/mol. The molecule has 0 spiro atoms. The molecule has 1 aliphatic carbocycles. The second kappa shape index (κ2) is 9.64. The van der Waals surface area contributed by atoms with E-state index in [1.165, 1.54) is 0 Å². The van der Waals surface area contributed by atoms with Gasteiger partial charge in [-0.3, -0.25) is 9.78 Å². The fourth-order valence-corrected chi connectivity index (χ4v) is 5.67. The molecule has 1 unspecified atom stereocenters. The first kappa shape index (κ1) is 24.4. The molecule has 1 saturated carbocycles. The van der Waals surface area contributed by atoms with Gasteiger partial charge in [-0.05, 0) is 43.2 Å². The molecule has 2 aromatic carbocycles. The number of hydrogen-bond donors (Lipinski definition) is 1. The summed E-state index contributed by atoms with van der Waals surface area (Å²) in [6.07, 6.45) is -0.625. The van der Waals surface area contributed by atoms with Crippen molar-refractivity contribution >= 4 is 22.5 Å². The van der Waals surface area contributed by atoms with E-state index < -0.39 is 12.1 Å². The summed E-state index contributed by atoms with van der Waals surface area (Å²) < 4.78 is 45.2. The Hall–Kier alpha value is -3.29. The molecule has 8 heteroatoms. The minimum absolute atomic E-state index is 0.0215. The number of carbonyl (C=O) groups excluding carboxylic acids is 1. The predicted molar refractivity (Wildman–Crippen MR) is 134 cm³/mol. The lowest BCUT2D eigenvalue weighted by Crippen LogP contribution is -2.33. The molecule has 5 nitrogen and oxygen atoms in total. The first-order valence-corrected chi connectivity index (χ1v) is 12.4. The van der Waals surface area contributed by atoms with Gasteiger partial charge in [0.1, 0.15) is 5.75 Å². The predicted octanol–water partition coefficient (Wildman–Crippen LogP) is 6.39. The minimum Gasteiger partial charge on any atom is -0.493 e. The number of ether oxygens (including phenoxy) is 1. The van der Waals surface area contributed by atoms with Crippen LogP contribution >= 0.6 is 0 Å². The number of nitrogens with one attached hydrogen (secondary N) is 1. The highest BCUT2D eigenvalue weighted by Gasteiger charge is 2.41. The van der Waals surface area contributed by atoms with Gasteiger partial charge in [0.05, 0.1) is 35.3 Å². The number of nitrogens with zero attached hydrogens (tertiary/aromatic N) is 2. The molecule has 1 fully saturated rings. The number of hydrogen-bond acceptors (Lipinski definition) is 4. The van der Waals surface area contributed by atoms with Crippen LogP contribution in [0.1, 0.15) is 65.5 Å². The maximum Gasteiger partial charge on any atom is 0.391 e. The summed E-state index contributed by atoms with van der Waals surface area (Å²) in [6.45, 7) is 0.526. The van der Waals surface area contributed by atoms with Crippen LogP contribution in [0.4, 0.5) is 18.9 Å². The van der Waals surface area contributed by atoms with Crippen LogP contribution < -0.4 is 15.0 Å². The minimum atomic E-state index is -4.13. The van der Waals surface area contributed by atoms with Gasteiger partial charge in [0.25, 0.3) is 5.91 Å². The topological polar surface area (TPSA) is 54.5 Å². The Labute approximate surface area is 208 Å². The summed E-state index contributed by atoms with van der Waals surface area (Å²) in [5.74, 6) is -0.637. The molecule has 1 N–H and O–H groups in total. The van der Waals surface area contributed by atoms with Gasteiger partial charge < -0.3 is 15.0 Å². The second-order valence-electron chi connectivity index (χ2n) is 9.95. The molecule has 2 heterocycles. The first-order chi connectivity index (χ1) is 17.2. The number of benzene rings is 2. The molecule has 0 bridgehead atoms. The lowest BCUT2D eigenvalue weighted by Gasteiger charge is -2.31. The van der Waals surface area contributed by atoms with E-state index in [0.29, 0.717) is 31.4 Å². The molecular weight excluding hydrogens is 467 g/mol. The third-order valence-corrected chi connectivity index (χ3v) is 7.49. The van der Waals surface area contributed by atoms with E-state index in [1.54, 1.807) is 6.20 Å². The van der Waals surface area contributed by atoms with Crippen molar-refractivity contribution in [1.29, 1.82) is 0 Å². The van der Waals surface area contributed by atoms with Gasteiger partial charge in [-0.25, -0.2) is 0 Å². The Morgan fingerprint density at radius 1 is 1.00 bits per heavy atom. The van der Waals surface area contributed by atoms with Crippen molar-refractivity contribution in [1.82, 2.24) is 10.3 Å². The van der Waals surface area contributed by atoms with Crippen molar-refractivity contribution in [3.63, 3.8) is 0 Å². The zero-order valence-corrected chi connectivity index (χ0v) is 20.4. The number of fused-ring (bicyclic) bond motifs is 2. The smallest absolute Gasteiger partial charge is 0.391 e. The SMILES string of the molecule is CN(C)c1c(C(=O)NC2CCOc3ccccc32)cnc2c(C3CCC(C(F)(F)F)CC3)cccc12. The van der Waals surface area contributed by atoms with E-state index in [4.69, 9.17) is 9.72 Å². The Balaban J connectivity index is 1.45. The summed E-state index contributed by atoms with van der Waals surface area (Å²) in [4.78, 5) is 20.1. The summed E-state index contributed by atoms with van der Waals surface area (Å²) in [6, 6.07) is 13.4. The van der Waals surface area contributed by atoms with Crippen LogP contribution in [0.2, 0.25) is 0 Å². The van der Waals surface area contributed by atoms with Crippen LogP contribution in [0.15, 0.2) is 48.7 Å². The van der Waals surface area contributed by atoms with Crippen LogP contribution in [-0.4, -0.2) is 37.8 Å². The van der Waals surface area contributed by atoms with Gasteiger partial charge in [-0.1, -0.05) is 36.4 Å². The molecule has 0 radical (unpaired) electrons. The van der Waals surface area contributed by atoms with Gasteiger partial charge in [-0.15, -0.1) is 0 Å². The monoisotopic (exact) mass is 497 g/mol.